The third-order valence-corrected chi connectivity index (χ3v) is 2.82. The summed E-state index contributed by atoms with van der Waals surface area (Å²) in [6.07, 6.45) is -6.80. The second kappa shape index (κ2) is 5.88. The van der Waals surface area contributed by atoms with Gasteiger partial charge in [0.1, 0.15) is 0 Å². The third-order valence-electron chi connectivity index (χ3n) is 2.33. The molecule has 0 radical (unpaired) electrons. The summed E-state index contributed by atoms with van der Waals surface area (Å²) in [6, 6.07) is 2.30. The van der Waals surface area contributed by atoms with Crippen LogP contribution in [0.5, 0.6) is 5.75 Å². The van der Waals surface area contributed by atoms with Crippen molar-refractivity contribution in [1.29, 1.82) is 0 Å². The van der Waals surface area contributed by atoms with E-state index in [4.69, 9.17) is 5.73 Å². The average Bonchev–Trinajstić information content (AvgIpc) is 2.25. The van der Waals surface area contributed by atoms with Crippen LogP contribution in [0, 0.1) is 5.82 Å². The molecule has 2 nitrogen and oxygen atoms in total. The predicted octanol–water partition coefficient (Wildman–Crippen LogP) is 3.64. The Bertz CT molecular complexity index is 411. The van der Waals surface area contributed by atoms with E-state index in [9.17, 15) is 17.6 Å². The Morgan fingerprint density at radius 3 is 2.44 bits per heavy atom. The van der Waals surface area contributed by atoms with Crippen molar-refractivity contribution in [2.24, 2.45) is 5.73 Å². The molecule has 0 bridgehead atoms. The Hall–Kier alpha value is -0.820. The van der Waals surface area contributed by atoms with Crippen molar-refractivity contribution >= 4 is 15.9 Å². The van der Waals surface area contributed by atoms with E-state index in [-0.39, 0.29) is 6.42 Å². The molecular formula is C11H12BrF4NO. The van der Waals surface area contributed by atoms with E-state index in [2.05, 4.69) is 20.7 Å². The number of alkyl halides is 3. The molecule has 0 aliphatic rings. The van der Waals surface area contributed by atoms with Crippen molar-refractivity contribution in [2.75, 3.05) is 0 Å². The van der Waals surface area contributed by atoms with E-state index in [1.807, 2.05) is 0 Å². The maximum Gasteiger partial charge on any atom is 0.426 e. The van der Waals surface area contributed by atoms with Crippen molar-refractivity contribution in [3.8, 4) is 5.75 Å². The zero-order valence-corrected chi connectivity index (χ0v) is 11.1. The van der Waals surface area contributed by atoms with E-state index in [1.165, 1.54) is 13.0 Å². The van der Waals surface area contributed by atoms with Crippen LogP contribution in [-0.4, -0.2) is 18.3 Å². The first-order valence-corrected chi connectivity index (χ1v) is 5.99. The molecule has 2 unspecified atom stereocenters. The molecule has 0 fully saturated rings. The van der Waals surface area contributed by atoms with Crippen LogP contribution >= 0.6 is 15.9 Å². The lowest BCUT2D eigenvalue weighted by Gasteiger charge is -2.26. The number of rotatable bonds is 4. The molecule has 1 rings (SSSR count). The van der Waals surface area contributed by atoms with Crippen LogP contribution in [0.4, 0.5) is 17.6 Å². The minimum absolute atomic E-state index is 0.0717. The molecule has 7 heteroatoms. The van der Waals surface area contributed by atoms with Crippen LogP contribution in [0.2, 0.25) is 0 Å². The fourth-order valence-corrected chi connectivity index (χ4v) is 1.65. The van der Waals surface area contributed by atoms with Gasteiger partial charge < -0.3 is 10.5 Å². The second-order valence-corrected chi connectivity index (χ2v) is 4.64. The van der Waals surface area contributed by atoms with Gasteiger partial charge in [0.25, 0.3) is 0 Å². The second-order valence-electron chi connectivity index (χ2n) is 3.73. The van der Waals surface area contributed by atoms with Crippen molar-refractivity contribution in [3.63, 3.8) is 0 Å². The van der Waals surface area contributed by atoms with Gasteiger partial charge in [0, 0.05) is 4.47 Å². The van der Waals surface area contributed by atoms with Gasteiger partial charge in [-0.1, -0.05) is 22.9 Å². The largest absolute Gasteiger partial charge is 0.476 e. The Kier molecular flexibility index (Phi) is 4.98. The highest BCUT2D eigenvalue weighted by Crippen LogP contribution is 2.30. The first kappa shape index (κ1) is 15.2. The van der Waals surface area contributed by atoms with Crippen LogP contribution in [-0.2, 0) is 0 Å². The molecule has 0 heterocycles. The number of ether oxygens (including phenoxy) is 1. The average molecular weight is 330 g/mol. The highest BCUT2D eigenvalue weighted by atomic mass is 79.9. The standard InChI is InChI=1S/C11H12BrF4NO/c1-2-8(17)10(11(14,15)16)18-9-4-3-6(12)5-7(9)13/h3-5,8,10H,2,17H2,1H3. The molecule has 0 amide bonds. The molecule has 2 atom stereocenters. The van der Waals surface area contributed by atoms with E-state index < -0.39 is 29.9 Å². The lowest BCUT2D eigenvalue weighted by molar-refractivity contribution is -0.201. The van der Waals surface area contributed by atoms with Gasteiger partial charge in [0.15, 0.2) is 11.6 Å². The Balaban J connectivity index is 2.96. The Morgan fingerprint density at radius 1 is 1.39 bits per heavy atom. The maximum absolute atomic E-state index is 13.4. The number of halogens is 5. The fraction of sp³-hybridized carbons (Fsp3) is 0.455. The molecule has 0 spiro atoms. The molecule has 1 aromatic rings. The minimum Gasteiger partial charge on any atom is -0.476 e. The topological polar surface area (TPSA) is 35.2 Å². The van der Waals surface area contributed by atoms with Gasteiger partial charge in [-0.05, 0) is 24.6 Å². The molecule has 18 heavy (non-hydrogen) atoms. The van der Waals surface area contributed by atoms with E-state index in [1.54, 1.807) is 0 Å². The quantitative estimate of drug-likeness (QED) is 0.856. The van der Waals surface area contributed by atoms with Gasteiger partial charge in [-0.3, -0.25) is 0 Å². The summed E-state index contributed by atoms with van der Waals surface area (Å²) in [5, 5.41) is 0. The molecule has 0 saturated carbocycles. The molecule has 0 aliphatic heterocycles. The van der Waals surface area contributed by atoms with Gasteiger partial charge in [0.2, 0.25) is 6.10 Å². The van der Waals surface area contributed by atoms with Gasteiger partial charge in [0.05, 0.1) is 6.04 Å². The summed E-state index contributed by atoms with van der Waals surface area (Å²) in [4.78, 5) is 0. The Morgan fingerprint density at radius 2 is 2.00 bits per heavy atom. The SMILES string of the molecule is CCC(N)C(Oc1ccc(Br)cc1F)C(F)(F)F. The Labute approximate surface area is 110 Å². The molecular weight excluding hydrogens is 318 g/mol. The molecule has 0 aliphatic carbocycles. The zero-order chi connectivity index (χ0) is 13.9. The highest BCUT2D eigenvalue weighted by Gasteiger charge is 2.45. The van der Waals surface area contributed by atoms with E-state index in [0.717, 1.165) is 12.1 Å². The van der Waals surface area contributed by atoms with E-state index >= 15 is 0 Å². The summed E-state index contributed by atoms with van der Waals surface area (Å²) in [7, 11) is 0. The van der Waals surface area contributed by atoms with Gasteiger partial charge in [-0.25, -0.2) is 4.39 Å². The van der Waals surface area contributed by atoms with Crippen molar-refractivity contribution in [2.45, 2.75) is 31.7 Å². The third kappa shape index (κ3) is 3.84. The lowest BCUT2D eigenvalue weighted by Crippen LogP contribution is -2.48. The fourth-order valence-electron chi connectivity index (χ4n) is 1.32. The summed E-state index contributed by atoms with van der Waals surface area (Å²) in [6.45, 7) is 1.50. The summed E-state index contributed by atoms with van der Waals surface area (Å²) >= 11 is 3.00. The summed E-state index contributed by atoms with van der Waals surface area (Å²) in [5.74, 6) is -1.34. The monoisotopic (exact) mass is 329 g/mol. The summed E-state index contributed by atoms with van der Waals surface area (Å²) in [5.41, 5.74) is 5.35. The van der Waals surface area contributed by atoms with Crippen molar-refractivity contribution in [3.05, 3.63) is 28.5 Å². The van der Waals surface area contributed by atoms with Gasteiger partial charge in [-0.15, -0.1) is 0 Å². The number of nitrogens with two attached hydrogens (primary N) is 1. The van der Waals surface area contributed by atoms with Crippen LogP contribution in [0.15, 0.2) is 22.7 Å². The highest BCUT2D eigenvalue weighted by molar-refractivity contribution is 9.10. The van der Waals surface area contributed by atoms with Crippen molar-refractivity contribution < 1.29 is 22.3 Å². The molecule has 102 valence electrons. The predicted molar refractivity (Wildman–Crippen MR) is 62.8 cm³/mol. The maximum atomic E-state index is 13.4. The molecule has 0 aromatic heterocycles. The molecule has 2 N–H and O–H groups in total. The number of hydrogen-bond acceptors (Lipinski definition) is 2. The van der Waals surface area contributed by atoms with Crippen LogP contribution in [0.3, 0.4) is 0 Å². The van der Waals surface area contributed by atoms with Crippen LogP contribution in [0.25, 0.3) is 0 Å². The zero-order valence-electron chi connectivity index (χ0n) is 9.47. The molecule has 0 saturated heterocycles. The number of benzene rings is 1. The van der Waals surface area contributed by atoms with E-state index in [0.29, 0.717) is 4.47 Å². The number of hydrogen-bond donors (Lipinski definition) is 1. The van der Waals surface area contributed by atoms with Gasteiger partial charge in [-0.2, -0.15) is 13.2 Å². The smallest absolute Gasteiger partial charge is 0.426 e. The summed E-state index contributed by atoms with van der Waals surface area (Å²) < 4.78 is 56.6. The van der Waals surface area contributed by atoms with Crippen LogP contribution in [0.1, 0.15) is 13.3 Å². The minimum atomic E-state index is -4.64. The first-order valence-electron chi connectivity index (χ1n) is 5.19. The lowest BCUT2D eigenvalue weighted by atomic mass is 10.1. The van der Waals surface area contributed by atoms with Gasteiger partial charge >= 0.3 is 6.18 Å². The van der Waals surface area contributed by atoms with Crippen molar-refractivity contribution in [1.82, 2.24) is 0 Å². The van der Waals surface area contributed by atoms with Crippen LogP contribution < -0.4 is 10.5 Å². The normalized spacial score (nSPS) is 15.3. The molecule has 1 aromatic carbocycles. The first-order chi connectivity index (χ1) is 8.25.